The van der Waals surface area contributed by atoms with Gasteiger partial charge in [0.05, 0.1) is 12.1 Å². The number of carbonyl (C=O) groups is 1. The summed E-state index contributed by atoms with van der Waals surface area (Å²) in [4.78, 5) is 11.7. The molecule has 0 aliphatic rings. The van der Waals surface area contributed by atoms with Crippen molar-refractivity contribution in [1.29, 1.82) is 0 Å². The van der Waals surface area contributed by atoms with Crippen LogP contribution in [0.1, 0.15) is 5.56 Å². The van der Waals surface area contributed by atoms with Gasteiger partial charge >= 0.3 is 0 Å². The highest BCUT2D eigenvalue weighted by Gasteiger charge is 2.00. The van der Waals surface area contributed by atoms with Gasteiger partial charge in [-0.1, -0.05) is 35.9 Å². The van der Waals surface area contributed by atoms with Gasteiger partial charge in [0.25, 0.3) is 0 Å². The van der Waals surface area contributed by atoms with Crippen molar-refractivity contribution in [3.05, 3.63) is 65.2 Å². The van der Waals surface area contributed by atoms with Gasteiger partial charge in [-0.15, -0.1) is 0 Å². The fourth-order valence-corrected chi connectivity index (χ4v) is 1.93. The monoisotopic (exact) mass is 287 g/mol. The van der Waals surface area contributed by atoms with E-state index in [4.69, 9.17) is 16.3 Å². The van der Waals surface area contributed by atoms with E-state index in [1.807, 2.05) is 36.4 Å². The normalized spacial score (nSPS) is 10.5. The number of ether oxygens (including phenoxy) is 1. The first-order valence-corrected chi connectivity index (χ1v) is 6.44. The Morgan fingerprint density at radius 3 is 2.60 bits per heavy atom. The molecule has 0 unspecified atom stereocenters. The fourth-order valence-electron chi connectivity index (χ4n) is 1.66. The van der Waals surface area contributed by atoms with Gasteiger partial charge in [-0.2, -0.15) is 0 Å². The van der Waals surface area contributed by atoms with Gasteiger partial charge in [-0.25, -0.2) is 0 Å². The van der Waals surface area contributed by atoms with Crippen LogP contribution in [-0.4, -0.2) is 13.0 Å². The first-order valence-electron chi connectivity index (χ1n) is 6.06. The number of methoxy groups -OCH3 is 1. The summed E-state index contributed by atoms with van der Waals surface area (Å²) < 4.78 is 5.07. The van der Waals surface area contributed by atoms with E-state index in [1.54, 1.807) is 25.3 Å². The second-order valence-corrected chi connectivity index (χ2v) is 4.49. The predicted molar refractivity (Wildman–Crippen MR) is 82.1 cm³/mol. The summed E-state index contributed by atoms with van der Waals surface area (Å²) in [7, 11) is 1.56. The molecule has 3 nitrogen and oxygen atoms in total. The molecule has 0 spiro atoms. The number of carbonyl (C=O) groups excluding carboxylic acids is 1. The van der Waals surface area contributed by atoms with E-state index in [9.17, 15) is 4.79 Å². The van der Waals surface area contributed by atoms with Crippen molar-refractivity contribution in [2.45, 2.75) is 0 Å². The maximum atomic E-state index is 11.7. The smallest absolute Gasteiger partial charge is 0.248 e. The summed E-state index contributed by atoms with van der Waals surface area (Å²) in [5.41, 5.74) is 1.59. The second-order valence-electron chi connectivity index (χ2n) is 4.08. The Morgan fingerprint density at radius 2 is 1.95 bits per heavy atom. The van der Waals surface area contributed by atoms with Gasteiger partial charge in [-0.05, 0) is 35.9 Å². The zero-order chi connectivity index (χ0) is 14.4. The van der Waals surface area contributed by atoms with Crippen molar-refractivity contribution in [1.82, 2.24) is 0 Å². The third-order valence-electron chi connectivity index (χ3n) is 2.64. The number of hydrogen-bond acceptors (Lipinski definition) is 2. The van der Waals surface area contributed by atoms with Crippen LogP contribution >= 0.6 is 11.6 Å². The molecule has 4 heteroatoms. The van der Waals surface area contributed by atoms with Crippen LogP contribution in [0.3, 0.4) is 0 Å². The van der Waals surface area contributed by atoms with Gasteiger partial charge in [0.1, 0.15) is 5.75 Å². The van der Waals surface area contributed by atoms with Crippen LogP contribution in [0.4, 0.5) is 5.69 Å². The number of halogens is 1. The van der Waals surface area contributed by atoms with Crippen molar-refractivity contribution in [2.24, 2.45) is 0 Å². The third kappa shape index (κ3) is 3.87. The van der Waals surface area contributed by atoms with E-state index < -0.39 is 0 Å². The summed E-state index contributed by atoms with van der Waals surface area (Å²) in [5.74, 6) is 0.417. The lowest BCUT2D eigenvalue weighted by Gasteiger charge is -2.03. The first kappa shape index (κ1) is 14.2. The zero-order valence-electron chi connectivity index (χ0n) is 11.0. The molecular formula is C16H14ClNO2. The molecule has 20 heavy (non-hydrogen) atoms. The van der Waals surface area contributed by atoms with E-state index >= 15 is 0 Å². The highest BCUT2D eigenvalue weighted by molar-refractivity contribution is 6.32. The molecule has 0 bridgehead atoms. The number of nitrogens with one attached hydrogen (secondary N) is 1. The average molecular weight is 288 g/mol. The highest BCUT2D eigenvalue weighted by Crippen LogP contribution is 2.25. The Balaban J connectivity index is 2.02. The lowest BCUT2D eigenvalue weighted by atomic mass is 10.2. The maximum Gasteiger partial charge on any atom is 0.248 e. The van der Waals surface area contributed by atoms with Crippen LogP contribution < -0.4 is 10.1 Å². The largest absolute Gasteiger partial charge is 0.495 e. The van der Waals surface area contributed by atoms with E-state index in [0.29, 0.717) is 10.8 Å². The Hall–Kier alpha value is -2.26. The molecule has 2 aromatic rings. The van der Waals surface area contributed by atoms with Crippen molar-refractivity contribution in [3.8, 4) is 5.75 Å². The Bertz CT molecular complexity index is 624. The highest BCUT2D eigenvalue weighted by atomic mass is 35.5. The predicted octanol–water partition coefficient (Wildman–Crippen LogP) is 4.00. The lowest BCUT2D eigenvalue weighted by Crippen LogP contribution is -2.07. The van der Waals surface area contributed by atoms with Gasteiger partial charge in [0.2, 0.25) is 5.91 Å². The molecule has 0 fully saturated rings. The molecule has 1 amide bonds. The minimum absolute atomic E-state index is 0.192. The zero-order valence-corrected chi connectivity index (χ0v) is 11.7. The molecule has 0 aliphatic carbocycles. The van der Waals surface area contributed by atoms with Gasteiger partial charge < -0.3 is 10.1 Å². The van der Waals surface area contributed by atoms with Crippen LogP contribution in [0.2, 0.25) is 5.02 Å². The molecule has 102 valence electrons. The lowest BCUT2D eigenvalue weighted by molar-refractivity contribution is -0.111. The summed E-state index contributed by atoms with van der Waals surface area (Å²) in [6.07, 6.45) is 3.16. The summed E-state index contributed by atoms with van der Waals surface area (Å²) in [6.45, 7) is 0. The number of benzene rings is 2. The van der Waals surface area contributed by atoms with E-state index in [2.05, 4.69) is 5.32 Å². The van der Waals surface area contributed by atoms with Gasteiger partial charge in [0, 0.05) is 11.8 Å². The molecule has 0 saturated carbocycles. The minimum Gasteiger partial charge on any atom is -0.495 e. The SMILES string of the molecule is COc1ccc(/C=C/C(=O)Nc2ccccc2)cc1Cl. The summed E-state index contributed by atoms with van der Waals surface area (Å²) >= 11 is 6.02. The van der Waals surface area contributed by atoms with Crippen molar-refractivity contribution >= 4 is 29.3 Å². The minimum atomic E-state index is -0.192. The molecule has 0 aliphatic heterocycles. The number of amides is 1. The van der Waals surface area contributed by atoms with Crippen LogP contribution in [0.15, 0.2) is 54.6 Å². The molecule has 0 saturated heterocycles. The standard InChI is InChI=1S/C16H14ClNO2/c1-20-15-9-7-12(11-14(15)17)8-10-16(19)18-13-5-3-2-4-6-13/h2-11H,1H3,(H,18,19)/b10-8+. The van der Waals surface area contributed by atoms with Crippen molar-refractivity contribution < 1.29 is 9.53 Å². The molecule has 2 aromatic carbocycles. The van der Waals surface area contributed by atoms with E-state index in [1.165, 1.54) is 6.08 Å². The van der Waals surface area contributed by atoms with Crippen LogP contribution in [-0.2, 0) is 4.79 Å². The summed E-state index contributed by atoms with van der Waals surface area (Å²) in [5, 5.41) is 3.28. The van der Waals surface area contributed by atoms with Crippen LogP contribution in [0.25, 0.3) is 6.08 Å². The number of anilines is 1. The molecule has 0 aromatic heterocycles. The van der Waals surface area contributed by atoms with Crippen LogP contribution in [0, 0.1) is 0 Å². The Morgan fingerprint density at radius 1 is 1.20 bits per heavy atom. The fraction of sp³-hybridized carbons (Fsp3) is 0.0625. The molecule has 2 rings (SSSR count). The summed E-state index contributed by atoms with van der Waals surface area (Å²) in [6, 6.07) is 14.6. The molecule has 0 heterocycles. The molecule has 0 atom stereocenters. The topological polar surface area (TPSA) is 38.3 Å². The Kier molecular flexibility index (Phi) is 4.80. The quantitative estimate of drug-likeness (QED) is 0.863. The Labute approximate surface area is 122 Å². The molecule has 0 radical (unpaired) electrons. The number of para-hydroxylation sites is 1. The average Bonchev–Trinajstić information content (AvgIpc) is 2.46. The first-order chi connectivity index (χ1) is 9.69. The number of rotatable bonds is 4. The van der Waals surface area contributed by atoms with Crippen molar-refractivity contribution in [3.63, 3.8) is 0 Å². The number of hydrogen-bond donors (Lipinski definition) is 1. The van der Waals surface area contributed by atoms with Crippen LogP contribution in [0.5, 0.6) is 5.75 Å². The van der Waals surface area contributed by atoms with Crippen molar-refractivity contribution in [2.75, 3.05) is 12.4 Å². The molecular weight excluding hydrogens is 274 g/mol. The van der Waals surface area contributed by atoms with E-state index in [0.717, 1.165) is 11.3 Å². The third-order valence-corrected chi connectivity index (χ3v) is 2.94. The molecule has 1 N–H and O–H groups in total. The van der Waals surface area contributed by atoms with Gasteiger partial charge in [-0.3, -0.25) is 4.79 Å². The second kappa shape index (κ2) is 6.78. The van der Waals surface area contributed by atoms with E-state index in [-0.39, 0.29) is 5.91 Å². The maximum absolute atomic E-state index is 11.7. The van der Waals surface area contributed by atoms with Gasteiger partial charge in [0.15, 0.2) is 0 Å².